The first-order valence-electron chi connectivity index (χ1n) is 12.2. The summed E-state index contributed by atoms with van der Waals surface area (Å²) in [5.74, 6) is 1.09. The third-order valence-electron chi connectivity index (χ3n) is 6.81. The maximum absolute atomic E-state index is 13.6. The highest BCUT2D eigenvalue weighted by Crippen LogP contribution is 2.50. The summed E-state index contributed by atoms with van der Waals surface area (Å²) in [5.41, 5.74) is 1.28. The fourth-order valence-corrected chi connectivity index (χ4v) is 7.48. The topological polar surface area (TPSA) is 162 Å². The molecule has 0 saturated carbocycles. The van der Waals surface area contributed by atoms with Crippen LogP contribution in [0.2, 0.25) is 0 Å². The molecule has 0 aliphatic carbocycles. The standard InChI is InChI=1S/C24H34N6O6S2/c1-15-12-25-22(26-13-15)16(2)17(3)38(33,34)29-24-28-27-23(18-8-7-11-37(31,32)14-18)30(24)21-19(35-4)9-6-10-20(21)36-5/h6,9-10,12-13,16-18,31-32H,7-8,11,14H2,1-5H3,(H,28,29)/t16-,17-,18?/m0/s1. The first kappa shape index (κ1) is 28.1. The lowest BCUT2D eigenvalue weighted by Gasteiger charge is -2.39. The number of methoxy groups -OCH3 is 2. The second-order valence-corrected chi connectivity index (χ2v) is 13.9. The van der Waals surface area contributed by atoms with Gasteiger partial charge in [-0.2, -0.15) is 10.6 Å². The van der Waals surface area contributed by atoms with Crippen LogP contribution in [0.25, 0.3) is 5.69 Å². The van der Waals surface area contributed by atoms with Crippen molar-refractivity contribution in [3.05, 3.63) is 47.8 Å². The van der Waals surface area contributed by atoms with Crippen molar-refractivity contribution in [2.75, 3.05) is 30.4 Å². The van der Waals surface area contributed by atoms with Crippen LogP contribution in [0.15, 0.2) is 30.6 Å². The van der Waals surface area contributed by atoms with Gasteiger partial charge < -0.3 is 9.47 Å². The van der Waals surface area contributed by atoms with E-state index in [-0.39, 0.29) is 17.6 Å². The zero-order chi connectivity index (χ0) is 27.7. The van der Waals surface area contributed by atoms with Gasteiger partial charge in [0.25, 0.3) is 0 Å². The minimum absolute atomic E-state index is 0.0614. The Balaban J connectivity index is 1.79. The van der Waals surface area contributed by atoms with Crippen molar-refractivity contribution in [3.8, 4) is 17.2 Å². The molecule has 38 heavy (non-hydrogen) atoms. The molecular weight excluding hydrogens is 532 g/mol. The molecule has 208 valence electrons. The maximum Gasteiger partial charge on any atom is 0.243 e. The Hall–Kier alpha value is -2.94. The van der Waals surface area contributed by atoms with Crippen LogP contribution >= 0.6 is 10.6 Å². The number of hydrogen-bond donors (Lipinski definition) is 3. The average Bonchev–Trinajstić information content (AvgIpc) is 3.29. The molecule has 14 heteroatoms. The zero-order valence-corrected chi connectivity index (χ0v) is 23.7. The van der Waals surface area contributed by atoms with E-state index in [1.54, 1.807) is 49.0 Å². The first-order chi connectivity index (χ1) is 18.0. The summed E-state index contributed by atoms with van der Waals surface area (Å²) in [6.07, 6.45) is 4.53. The second kappa shape index (κ2) is 11.0. The third kappa shape index (κ3) is 5.72. The number of sulfonamides is 1. The summed E-state index contributed by atoms with van der Waals surface area (Å²) < 4.78 is 63.3. The highest BCUT2D eigenvalue weighted by Gasteiger charge is 2.35. The normalized spacial score (nSPS) is 19.8. The summed E-state index contributed by atoms with van der Waals surface area (Å²) in [6, 6.07) is 5.18. The van der Waals surface area contributed by atoms with Gasteiger partial charge in [0.2, 0.25) is 16.0 Å². The molecule has 1 unspecified atom stereocenters. The molecular formula is C24H34N6O6S2. The van der Waals surface area contributed by atoms with E-state index >= 15 is 0 Å². The van der Waals surface area contributed by atoms with Crippen molar-refractivity contribution in [2.24, 2.45) is 0 Å². The quantitative estimate of drug-likeness (QED) is 0.346. The number of rotatable bonds is 9. The Labute approximate surface area is 224 Å². The van der Waals surface area contributed by atoms with Gasteiger partial charge >= 0.3 is 0 Å². The molecule has 1 fully saturated rings. The number of benzene rings is 1. The monoisotopic (exact) mass is 566 g/mol. The third-order valence-corrected chi connectivity index (χ3v) is 10.5. The van der Waals surface area contributed by atoms with Crippen LogP contribution in [-0.4, -0.2) is 73.2 Å². The van der Waals surface area contributed by atoms with Crippen molar-refractivity contribution in [1.82, 2.24) is 24.7 Å². The molecule has 1 aromatic carbocycles. The predicted octanol–water partition coefficient (Wildman–Crippen LogP) is 3.94. The lowest BCUT2D eigenvalue weighted by Crippen LogP contribution is -2.32. The van der Waals surface area contributed by atoms with Crippen LogP contribution < -0.4 is 14.2 Å². The van der Waals surface area contributed by atoms with Gasteiger partial charge in [-0.3, -0.25) is 18.4 Å². The summed E-state index contributed by atoms with van der Waals surface area (Å²) in [6.45, 7) is 5.19. The van der Waals surface area contributed by atoms with Crippen LogP contribution in [0.5, 0.6) is 11.5 Å². The molecule has 3 atom stereocenters. The lowest BCUT2D eigenvalue weighted by molar-refractivity contribution is 0.390. The van der Waals surface area contributed by atoms with Gasteiger partial charge in [0.1, 0.15) is 28.8 Å². The van der Waals surface area contributed by atoms with Crippen LogP contribution in [0.3, 0.4) is 0 Å². The molecule has 4 rings (SSSR count). The van der Waals surface area contributed by atoms with Gasteiger partial charge in [0, 0.05) is 35.7 Å². The molecule has 0 bridgehead atoms. The van der Waals surface area contributed by atoms with Gasteiger partial charge in [0.15, 0.2) is 0 Å². The Morgan fingerprint density at radius 1 is 1.11 bits per heavy atom. The molecule has 1 saturated heterocycles. The Morgan fingerprint density at radius 2 is 1.74 bits per heavy atom. The Bertz CT molecular complexity index is 1360. The molecule has 3 heterocycles. The smallest absolute Gasteiger partial charge is 0.243 e. The number of aryl methyl sites for hydroxylation is 1. The number of para-hydroxylation sites is 1. The van der Waals surface area contributed by atoms with Crippen LogP contribution in [0, 0.1) is 6.92 Å². The van der Waals surface area contributed by atoms with E-state index < -0.39 is 31.8 Å². The molecule has 1 aliphatic heterocycles. The number of anilines is 1. The zero-order valence-electron chi connectivity index (χ0n) is 22.0. The number of aromatic nitrogens is 5. The van der Waals surface area contributed by atoms with Crippen LogP contribution in [0.4, 0.5) is 5.95 Å². The van der Waals surface area contributed by atoms with Crippen molar-refractivity contribution in [2.45, 2.75) is 50.7 Å². The molecule has 0 spiro atoms. The van der Waals surface area contributed by atoms with Gasteiger partial charge in [-0.15, -0.1) is 10.2 Å². The number of hydrogen-bond acceptors (Lipinski definition) is 10. The molecule has 3 aromatic rings. The summed E-state index contributed by atoms with van der Waals surface area (Å²) in [4.78, 5) is 8.59. The highest BCUT2D eigenvalue weighted by atomic mass is 32.3. The average molecular weight is 567 g/mol. The predicted molar refractivity (Wildman–Crippen MR) is 146 cm³/mol. The summed E-state index contributed by atoms with van der Waals surface area (Å²) in [5, 5.41) is 7.62. The van der Waals surface area contributed by atoms with E-state index in [2.05, 4.69) is 24.9 Å². The van der Waals surface area contributed by atoms with E-state index in [1.807, 2.05) is 6.92 Å². The number of nitrogens with zero attached hydrogens (tertiary/aromatic N) is 5. The fourth-order valence-electron chi connectivity index (χ4n) is 4.49. The van der Waals surface area contributed by atoms with Gasteiger partial charge in [-0.25, -0.2) is 18.4 Å². The van der Waals surface area contributed by atoms with E-state index in [4.69, 9.17) is 9.47 Å². The highest BCUT2D eigenvalue weighted by molar-refractivity contribution is 8.24. The minimum atomic E-state index is -4.01. The molecule has 12 nitrogen and oxygen atoms in total. The lowest BCUT2D eigenvalue weighted by atomic mass is 10.0. The van der Waals surface area contributed by atoms with E-state index in [9.17, 15) is 17.5 Å². The van der Waals surface area contributed by atoms with Crippen molar-refractivity contribution in [3.63, 3.8) is 0 Å². The van der Waals surface area contributed by atoms with Gasteiger partial charge in [0.05, 0.1) is 19.5 Å². The maximum atomic E-state index is 13.6. The first-order valence-corrected chi connectivity index (χ1v) is 15.6. The Morgan fingerprint density at radius 3 is 2.32 bits per heavy atom. The van der Waals surface area contributed by atoms with Gasteiger partial charge in [-0.05, 0) is 44.4 Å². The van der Waals surface area contributed by atoms with E-state index in [0.717, 1.165) is 5.56 Å². The van der Waals surface area contributed by atoms with Crippen LogP contribution in [0.1, 0.15) is 55.7 Å². The fraction of sp³-hybridized carbons (Fsp3) is 0.500. The Kier molecular flexibility index (Phi) is 8.16. The van der Waals surface area contributed by atoms with E-state index in [1.165, 1.54) is 14.2 Å². The van der Waals surface area contributed by atoms with Crippen molar-refractivity contribution in [1.29, 1.82) is 0 Å². The van der Waals surface area contributed by atoms with Crippen molar-refractivity contribution >= 4 is 26.6 Å². The largest absolute Gasteiger partial charge is 0.494 e. The molecule has 3 N–H and O–H groups in total. The minimum Gasteiger partial charge on any atom is -0.494 e. The van der Waals surface area contributed by atoms with Crippen LogP contribution in [-0.2, 0) is 10.0 Å². The summed E-state index contributed by atoms with van der Waals surface area (Å²) in [7, 11) is -3.81. The molecule has 0 amide bonds. The van der Waals surface area contributed by atoms with Crippen molar-refractivity contribution < 1.29 is 27.0 Å². The number of ether oxygens (including phenoxy) is 2. The van der Waals surface area contributed by atoms with Gasteiger partial charge in [-0.1, -0.05) is 13.0 Å². The van der Waals surface area contributed by atoms with E-state index in [0.29, 0.717) is 47.4 Å². The number of nitrogens with one attached hydrogen (secondary N) is 1. The SMILES string of the molecule is COc1cccc(OC)c1-n1c(NS(=O)(=O)[C@@H](C)[C@H](C)c2ncc(C)cn2)nnc1C1CCCS(O)(O)C1. The molecule has 0 radical (unpaired) electrons. The molecule has 1 aliphatic rings. The second-order valence-electron chi connectivity index (χ2n) is 9.50. The summed E-state index contributed by atoms with van der Waals surface area (Å²) >= 11 is 0. The molecule has 2 aromatic heterocycles.